The Kier molecular flexibility index (Phi) is 2.72. The van der Waals surface area contributed by atoms with Gasteiger partial charge in [0.2, 0.25) is 0 Å². The van der Waals surface area contributed by atoms with Gasteiger partial charge in [0.25, 0.3) is 5.91 Å². The highest BCUT2D eigenvalue weighted by molar-refractivity contribution is 5.96. The molecular weight excluding hydrogens is 240 g/mol. The first-order valence-corrected chi connectivity index (χ1v) is 5.89. The van der Waals surface area contributed by atoms with Crippen molar-refractivity contribution >= 4 is 5.91 Å². The van der Waals surface area contributed by atoms with E-state index in [-0.39, 0.29) is 5.91 Å². The Hall–Kier alpha value is -2.69. The van der Waals surface area contributed by atoms with E-state index < -0.39 is 0 Å². The number of carbonyl (C=O) groups excluding carboxylic acids is 1. The van der Waals surface area contributed by atoms with Crippen LogP contribution in [0.3, 0.4) is 0 Å². The van der Waals surface area contributed by atoms with E-state index in [2.05, 4.69) is 9.97 Å². The molecule has 1 aromatic carbocycles. The molecule has 0 spiro atoms. The molecule has 2 aromatic heterocycles. The summed E-state index contributed by atoms with van der Waals surface area (Å²) in [7, 11) is 0. The molecule has 0 amide bonds. The second kappa shape index (κ2) is 4.53. The van der Waals surface area contributed by atoms with Gasteiger partial charge in [-0.25, -0.2) is 9.97 Å². The molecule has 0 aliphatic carbocycles. The first-order chi connectivity index (χ1) is 9.25. The Morgan fingerprint density at radius 3 is 2.47 bits per heavy atom. The third-order valence-corrected chi connectivity index (χ3v) is 2.96. The van der Waals surface area contributed by atoms with E-state index in [0.29, 0.717) is 11.4 Å². The topological polar surface area (TPSA) is 52.7 Å². The van der Waals surface area contributed by atoms with Crippen molar-refractivity contribution in [3.63, 3.8) is 0 Å². The van der Waals surface area contributed by atoms with Crippen LogP contribution in [-0.4, -0.2) is 25.0 Å². The number of nitrogens with zero attached hydrogens (tertiary/aromatic N) is 4. The fourth-order valence-corrected chi connectivity index (χ4v) is 1.92. The van der Waals surface area contributed by atoms with Crippen LogP contribution in [0, 0.1) is 6.92 Å². The number of hydrogen-bond acceptors (Lipinski definition) is 3. The van der Waals surface area contributed by atoms with Crippen molar-refractivity contribution in [2.45, 2.75) is 6.92 Å². The molecule has 19 heavy (non-hydrogen) atoms. The third kappa shape index (κ3) is 2.06. The lowest BCUT2D eigenvalue weighted by Crippen LogP contribution is -2.12. The quantitative estimate of drug-likeness (QED) is 0.701. The summed E-state index contributed by atoms with van der Waals surface area (Å²) in [5.41, 5.74) is 1.60. The van der Waals surface area contributed by atoms with E-state index in [1.54, 1.807) is 44.0 Å². The molecule has 0 saturated carbocycles. The van der Waals surface area contributed by atoms with Gasteiger partial charge in [0, 0.05) is 36.0 Å². The molecule has 0 fully saturated rings. The molecule has 5 heteroatoms. The number of aryl methyl sites for hydroxylation is 1. The number of rotatable bonds is 2. The summed E-state index contributed by atoms with van der Waals surface area (Å²) in [5, 5.41) is 0. The van der Waals surface area contributed by atoms with Gasteiger partial charge in [-0.05, 0) is 31.2 Å². The highest BCUT2D eigenvalue weighted by atomic mass is 16.2. The van der Waals surface area contributed by atoms with Gasteiger partial charge in [-0.2, -0.15) is 0 Å². The standard InChI is InChI=1S/C14H12N4O/c1-11-16-7-9-18(11)14(19)12-2-4-13(5-3-12)17-8-6-15-10-17/h2-10H,1H3. The van der Waals surface area contributed by atoms with Crippen LogP contribution in [0.2, 0.25) is 0 Å². The number of carbonyl (C=O) groups is 1. The lowest BCUT2D eigenvalue weighted by molar-refractivity contribution is 0.0957. The van der Waals surface area contributed by atoms with Gasteiger partial charge in [-0.1, -0.05) is 0 Å². The second-order valence-electron chi connectivity index (χ2n) is 4.17. The molecule has 0 saturated heterocycles. The average molecular weight is 252 g/mol. The lowest BCUT2D eigenvalue weighted by atomic mass is 10.2. The summed E-state index contributed by atoms with van der Waals surface area (Å²) in [6.07, 6.45) is 8.58. The molecule has 3 aromatic rings. The van der Waals surface area contributed by atoms with E-state index in [1.807, 2.05) is 22.9 Å². The molecule has 3 rings (SSSR count). The van der Waals surface area contributed by atoms with Gasteiger partial charge in [0.1, 0.15) is 5.82 Å². The third-order valence-electron chi connectivity index (χ3n) is 2.96. The number of aromatic nitrogens is 4. The molecular formula is C14H12N4O. The minimum Gasteiger partial charge on any atom is -0.306 e. The summed E-state index contributed by atoms with van der Waals surface area (Å²) < 4.78 is 3.42. The largest absolute Gasteiger partial charge is 0.306 e. The smallest absolute Gasteiger partial charge is 0.263 e. The maximum Gasteiger partial charge on any atom is 0.263 e. The number of benzene rings is 1. The normalized spacial score (nSPS) is 10.6. The zero-order chi connectivity index (χ0) is 13.2. The molecule has 0 radical (unpaired) electrons. The lowest BCUT2D eigenvalue weighted by Gasteiger charge is -2.06. The highest BCUT2D eigenvalue weighted by Crippen LogP contribution is 2.11. The van der Waals surface area contributed by atoms with Gasteiger partial charge in [0.15, 0.2) is 0 Å². The fraction of sp³-hybridized carbons (Fsp3) is 0.0714. The van der Waals surface area contributed by atoms with Crippen LogP contribution in [0.15, 0.2) is 55.4 Å². The van der Waals surface area contributed by atoms with Crippen molar-refractivity contribution in [3.8, 4) is 5.69 Å². The van der Waals surface area contributed by atoms with Crippen LogP contribution in [0.25, 0.3) is 5.69 Å². The van der Waals surface area contributed by atoms with E-state index in [0.717, 1.165) is 5.69 Å². The first-order valence-electron chi connectivity index (χ1n) is 5.89. The Morgan fingerprint density at radius 1 is 1.11 bits per heavy atom. The molecule has 0 unspecified atom stereocenters. The minimum absolute atomic E-state index is 0.0767. The summed E-state index contributed by atoms with van der Waals surface area (Å²) in [6, 6.07) is 7.39. The van der Waals surface area contributed by atoms with Crippen LogP contribution in [0.4, 0.5) is 0 Å². The average Bonchev–Trinajstić information content (AvgIpc) is 3.09. The zero-order valence-electron chi connectivity index (χ0n) is 10.4. The molecule has 0 N–H and O–H groups in total. The van der Waals surface area contributed by atoms with Crippen LogP contribution in [0.1, 0.15) is 16.2 Å². The predicted octanol–water partition coefficient (Wildman–Crippen LogP) is 2.07. The molecule has 0 aliphatic heterocycles. The number of hydrogen-bond donors (Lipinski definition) is 0. The molecule has 0 aliphatic rings. The second-order valence-corrected chi connectivity index (χ2v) is 4.17. The van der Waals surface area contributed by atoms with Gasteiger partial charge in [-0.3, -0.25) is 9.36 Å². The van der Waals surface area contributed by atoms with Crippen molar-refractivity contribution in [1.82, 2.24) is 19.1 Å². The van der Waals surface area contributed by atoms with Crippen molar-refractivity contribution < 1.29 is 4.79 Å². The highest BCUT2D eigenvalue weighted by Gasteiger charge is 2.10. The van der Waals surface area contributed by atoms with Crippen LogP contribution >= 0.6 is 0 Å². The van der Waals surface area contributed by atoms with Crippen molar-refractivity contribution in [3.05, 3.63) is 66.8 Å². The fourth-order valence-electron chi connectivity index (χ4n) is 1.92. The van der Waals surface area contributed by atoms with E-state index in [9.17, 15) is 4.79 Å². The van der Waals surface area contributed by atoms with Crippen molar-refractivity contribution in [1.29, 1.82) is 0 Å². The monoisotopic (exact) mass is 252 g/mol. The van der Waals surface area contributed by atoms with E-state index in [4.69, 9.17) is 0 Å². The SMILES string of the molecule is Cc1nccn1C(=O)c1ccc(-n2ccnc2)cc1. The van der Waals surface area contributed by atoms with Gasteiger partial charge in [0.05, 0.1) is 6.33 Å². The molecule has 2 heterocycles. The van der Waals surface area contributed by atoms with Crippen molar-refractivity contribution in [2.75, 3.05) is 0 Å². The maximum atomic E-state index is 12.2. The predicted molar refractivity (Wildman–Crippen MR) is 70.3 cm³/mol. The molecule has 0 bridgehead atoms. The molecule has 5 nitrogen and oxygen atoms in total. The van der Waals surface area contributed by atoms with Gasteiger partial charge in [-0.15, -0.1) is 0 Å². The first kappa shape index (κ1) is 11.4. The van der Waals surface area contributed by atoms with Crippen LogP contribution < -0.4 is 0 Å². The Labute approximate surface area is 110 Å². The Balaban J connectivity index is 1.91. The summed E-state index contributed by atoms with van der Waals surface area (Å²) >= 11 is 0. The van der Waals surface area contributed by atoms with Gasteiger partial charge >= 0.3 is 0 Å². The van der Waals surface area contributed by atoms with Crippen LogP contribution in [0.5, 0.6) is 0 Å². The zero-order valence-corrected chi connectivity index (χ0v) is 10.4. The summed E-state index contributed by atoms with van der Waals surface area (Å²) in [5.74, 6) is 0.607. The molecule has 0 atom stereocenters. The molecule has 94 valence electrons. The van der Waals surface area contributed by atoms with E-state index in [1.165, 1.54) is 4.57 Å². The Bertz CT molecular complexity index is 695. The van der Waals surface area contributed by atoms with Crippen molar-refractivity contribution in [2.24, 2.45) is 0 Å². The van der Waals surface area contributed by atoms with Gasteiger partial charge < -0.3 is 4.57 Å². The Morgan fingerprint density at radius 2 is 1.89 bits per heavy atom. The van der Waals surface area contributed by atoms with Crippen LogP contribution in [-0.2, 0) is 0 Å². The minimum atomic E-state index is -0.0767. The number of imidazole rings is 2. The summed E-state index contributed by atoms with van der Waals surface area (Å²) in [4.78, 5) is 20.3. The van der Waals surface area contributed by atoms with E-state index >= 15 is 0 Å². The maximum absolute atomic E-state index is 12.2. The summed E-state index contributed by atoms with van der Waals surface area (Å²) in [6.45, 7) is 1.80.